The van der Waals surface area contributed by atoms with Gasteiger partial charge in [0.1, 0.15) is 0 Å². The lowest BCUT2D eigenvalue weighted by Crippen LogP contribution is -2.12. The van der Waals surface area contributed by atoms with E-state index in [0.29, 0.717) is 16.7 Å². The van der Waals surface area contributed by atoms with E-state index in [9.17, 15) is 8.42 Å². The van der Waals surface area contributed by atoms with Gasteiger partial charge in [0.15, 0.2) is 9.84 Å². The molecule has 0 spiro atoms. The zero-order chi connectivity index (χ0) is 13.1. The van der Waals surface area contributed by atoms with E-state index in [2.05, 4.69) is 13.8 Å². The van der Waals surface area contributed by atoms with Gasteiger partial charge in [-0.2, -0.15) is 11.8 Å². The molecule has 0 radical (unpaired) electrons. The van der Waals surface area contributed by atoms with Crippen molar-refractivity contribution in [2.24, 2.45) is 0 Å². The van der Waals surface area contributed by atoms with Crippen LogP contribution in [-0.4, -0.2) is 25.2 Å². The summed E-state index contributed by atoms with van der Waals surface area (Å²) in [5.74, 6) is 0.747. The molecule has 1 rings (SSSR count). The fourth-order valence-electron chi connectivity index (χ4n) is 1.43. The summed E-state index contributed by atoms with van der Waals surface area (Å²) in [7, 11) is -3.25. The normalized spacial score (nSPS) is 12.0. The maximum absolute atomic E-state index is 12.1. The molecule has 0 amide bonds. The molecule has 0 aliphatic heterocycles. The van der Waals surface area contributed by atoms with Gasteiger partial charge in [-0.25, -0.2) is 8.42 Å². The quantitative estimate of drug-likeness (QED) is 0.837. The summed E-state index contributed by atoms with van der Waals surface area (Å²) in [6, 6.07) is 5.13. The second-order valence-electron chi connectivity index (χ2n) is 4.23. The van der Waals surface area contributed by atoms with Gasteiger partial charge in [-0.1, -0.05) is 26.0 Å². The van der Waals surface area contributed by atoms with Gasteiger partial charge in [-0.05, 0) is 23.8 Å². The zero-order valence-electron chi connectivity index (χ0n) is 10.4. The predicted octanol–water partition coefficient (Wildman–Crippen LogP) is 2.49. The van der Waals surface area contributed by atoms with Crippen LogP contribution in [0.4, 0.5) is 5.69 Å². The van der Waals surface area contributed by atoms with Crippen LogP contribution < -0.4 is 5.73 Å². The summed E-state index contributed by atoms with van der Waals surface area (Å²) >= 11 is 1.64. The first-order valence-electron chi connectivity index (χ1n) is 5.54. The van der Waals surface area contributed by atoms with Crippen LogP contribution in [0.2, 0.25) is 0 Å². The number of benzene rings is 1. The van der Waals surface area contributed by atoms with E-state index >= 15 is 0 Å². The van der Waals surface area contributed by atoms with Gasteiger partial charge in [0.05, 0.1) is 16.3 Å². The lowest BCUT2D eigenvalue weighted by Gasteiger charge is -2.10. The number of para-hydroxylation sites is 1. The van der Waals surface area contributed by atoms with Crippen molar-refractivity contribution < 1.29 is 8.42 Å². The second-order valence-corrected chi connectivity index (χ2v) is 7.99. The summed E-state index contributed by atoms with van der Waals surface area (Å²) in [5, 5.41) is 0.444. The molecule has 0 aliphatic rings. The molecule has 1 aromatic carbocycles. The molecule has 0 fully saturated rings. The van der Waals surface area contributed by atoms with Crippen molar-refractivity contribution in [1.82, 2.24) is 0 Å². The van der Waals surface area contributed by atoms with Crippen LogP contribution in [0.1, 0.15) is 19.4 Å². The molecule has 0 unspecified atom stereocenters. The van der Waals surface area contributed by atoms with Gasteiger partial charge < -0.3 is 5.73 Å². The van der Waals surface area contributed by atoms with Gasteiger partial charge >= 0.3 is 0 Å². The zero-order valence-corrected chi connectivity index (χ0v) is 12.1. The Morgan fingerprint density at radius 2 is 2.00 bits per heavy atom. The van der Waals surface area contributed by atoms with Crippen LogP contribution in [0.25, 0.3) is 0 Å². The third-order valence-electron chi connectivity index (χ3n) is 2.42. The largest absolute Gasteiger partial charge is 0.397 e. The molecule has 0 saturated carbocycles. The number of anilines is 1. The standard InChI is InChI=1S/C12H19NO2S2/c1-9(2)16-7-8-17(14,15)11-6-4-5-10(3)12(11)13/h4-6,9H,7-8,13H2,1-3H3. The average Bonchev–Trinajstić information content (AvgIpc) is 2.21. The van der Waals surface area contributed by atoms with Crippen molar-refractivity contribution in [2.75, 3.05) is 17.2 Å². The highest BCUT2D eigenvalue weighted by Crippen LogP contribution is 2.23. The second kappa shape index (κ2) is 5.78. The fourth-order valence-corrected chi connectivity index (χ4v) is 4.16. The molecule has 0 bridgehead atoms. The number of hydrogen-bond donors (Lipinski definition) is 1. The van der Waals surface area contributed by atoms with Crippen LogP contribution >= 0.6 is 11.8 Å². The number of aryl methyl sites for hydroxylation is 1. The maximum Gasteiger partial charge on any atom is 0.181 e. The molecule has 17 heavy (non-hydrogen) atoms. The molecule has 2 N–H and O–H groups in total. The summed E-state index contributed by atoms with van der Waals surface area (Å²) in [6.45, 7) is 5.92. The highest BCUT2D eigenvalue weighted by Gasteiger charge is 2.18. The van der Waals surface area contributed by atoms with E-state index in [1.54, 1.807) is 23.9 Å². The van der Waals surface area contributed by atoms with E-state index in [0.717, 1.165) is 5.56 Å². The molecule has 0 aliphatic carbocycles. The third kappa shape index (κ3) is 3.92. The van der Waals surface area contributed by atoms with Gasteiger partial charge in [0, 0.05) is 5.75 Å². The van der Waals surface area contributed by atoms with Crippen LogP contribution in [0.3, 0.4) is 0 Å². The number of sulfone groups is 1. The average molecular weight is 273 g/mol. The topological polar surface area (TPSA) is 60.2 Å². The molecular formula is C12H19NO2S2. The highest BCUT2D eigenvalue weighted by atomic mass is 32.2. The Hall–Kier alpha value is -0.680. The van der Waals surface area contributed by atoms with Crippen LogP contribution in [0.5, 0.6) is 0 Å². The molecule has 0 aromatic heterocycles. The van der Waals surface area contributed by atoms with E-state index < -0.39 is 9.84 Å². The Bertz CT molecular complexity index is 481. The minimum absolute atomic E-state index is 0.142. The molecule has 0 atom stereocenters. The Labute approximate surface area is 108 Å². The SMILES string of the molecule is Cc1cccc(S(=O)(=O)CCSC(C)C)c1N. The Morgan fingerprint density at radius 1 is 1.35 bits per heavy atom. The lowest BCUT2D eigenvalue weighted by molar-refractivity contribution is 0.598. The fraction of sp³-hybridized carbons (Fsp3) is 0.500. The molecule has 96 valence electrons. The minimum Gasteiger partial charge on any atom is -0.397 e. The van der Waals surface area contributed by atoms with Crippen molar-refractivity contribution in [1.29, 1.82) is 0 Å². The van der Waals surface area contributed by atoms with Crippen LogP contribution in [0.15, 0.2) is 23.1 Å². The number of rotatable bonds is 5. The molecule has 0 heterocycles. The van der Waals surface area contributed by atoms with Crippen molar-refractivity contribution >= 4 is 27.3 Å². The molecule has 5 heteroatoms. The first-order valence-corrected chi connectivity index (χ1v) is 8.24. The smallest absolute Gasteiger partial charge is 0.181 e. The monoisotopic (exact) mass is 273 g/mol. The lowest BCUT2D eigenvalue weighted by atomic mass is 10.2. The third-order valence-corrected chi connectivity index (χ3v) is 5.56. The summed E-state index contributed by atoms with van der Waals surface area (Å²) in [4.78, 5) is 0.266. The molecule has 3 nitrogen and oxygen atoms in total. The van der Waals surface area contributed by atoms with Crippen molar-refractivity contribution in [3.05, 3.63) is 23.8 Å². The number of thioether (sulfide) groups is 1. The molecule has 0 saturated heterocycles. The summed E-state index contributed by atoms with van der Waals surface area (Å²) in [5.41, 5.74) is 7.00. The summed E-state index contributed by atoms with van der Waals surface area (Å²) in [6.07, 6.45) is 0. The Kier molecular flexibility index (Phi) is 4.89. The van der Waals surface area contributed by atoms with Gasteiger partial charge in [0.25, 0.3) is 0 Å². The Balaban J connectivity index is 2.87. The first-order chi connectivity index (χ1) is 7.84. The first kappa shape index (κ1) is 14.4. The predicted molar refractivity (Wildman–Crippen MR) is 75.2 cm³/mol. The maximum atomic E-state index is 12.1. The van der Waals surface area contributed by atoms with Crippen molar-refractivity contribution in [3.63, 3.8) is 0 Å². The number of nitrogens with two attached hydrogens (primary N) is 1. The van der Waals surface area contributed by atoms with E-state index in [4.69, 9.17) is 5.73 Å². The highest BCUT2D eigenvalue weighted by molar-refractivity contribution is 8.01. The van der Waals surface area contributed by atoms with Gasteiger partial charge in [0.2, 0.25) is 0 Å². The van der Waals surface area contributed by atoms with E-state index in [1.807, 2.05) is 13.0 Å². The summed E-state index contributed by atoms with van der Waals surface area (Å²) < 4.78 is 24.2. The van der Waals surface area contributed by atoms with Crippen LogP contribution in [-0.2, 0) is 9.84 Å². The molecular weight excluding hydrogens is 254 g/mol. The minimum atomic E-state index is -3.25. The van der Waals surface area contributed by atoms with Crippen LogP contribution in [0, 0.1) is 6.92 Å². The van der Waals surface area contributed by atoms with Crippen molar-refractivity contribution in [3.8, 4) is 0 Å². The van der Waals surface area contributed by atoms with Gasteiger partial charge in [-0.3, -0.25) is 0 Å². The molecule has 1 aromatic rings. The number of nitrogen functional groups attached to an aromatic ring is 1. The van der Waals surface area contributed by atoms with E-state index in [-0.39, 0.29) is 10.6 Å². The Morgan fingerprint density at radius 3 is 2.59 bits per heavy atom. The van der Waals surface area contributed by atoms with Crippen molar-refractivity contribution in [2.45, 2.75) is 30.9 Å². The van der Waals surface area contributed by atoms with E-state index in [1.165, 1.54) is 0 Å². The number of hydrogen-bond acceptors (Lipinski definition) is 4. The van der Waals surface area contributed by atoms with Gasteiger partial charge in [-0.15, -0.1) is 0 Å².